The number of nitrogens with one attached hydrogen (secondary N) is 1. The highest BCUT2D eigenvalue weighted by Gasteiger charge is 2.25. The molecule has 1 atom stereocenters. The molecule has 1 heterocycles. The lowest BCUT2D eigenvalue weighted by Crippen LogP contribution is -2.46. The molecule has 1 aromatic carbocycles. The summed E-state index contributed by atoms with van der Waals surface area (Å²) in [4.78, 5) is 27.8. The van der Waals surface area contributed by atoms with Crippen molar-refractivity contribution in [1.29, 1.82) is 5.26 Å². The zero-order valence-corrected chi connectivity index (χ0v) is 15.8. The molecule has 0 bridgehead atoms. The van der Waals surface area contributed by atoms with Crippen molar-refractivity contribution in [3.05, 3.63) is 47.7 Å². The van der Waals surface area contributed by atoms with Crippen LogP contribution < -0.4 is 5.32 Å². The highest BCUT2D eigenvalue weighted by Crippen LogP contribution is 2.10. The molecule has 0 radical (unpaired) electrons. The molecule has 1 saturated heterocycles. The monoisotopic (exact) mass is 370 g/mol. The van der Waals surface area contributed by atoms with E-state index in [0.29, 0.717) is 13.1 Å². The molecular weight excluding hydrogens is 344 g/mol. The molecule has 1 amide bonds. The van der Waals surface area contributed by atoms with E-state index in [4.69, 9.17) is 0 Å². The average molecular weight is 370 g/mol. The lowest BCUT2D eigenvalue weighted by atomic mass is 10.0. The topological polar surface area (TPSA) is 96.7 Å². The Labute approximate surface area is 159 Å². The Hall–Kier alpha value is -2.85. The van der Waals surface area contributed by atoms with Crippen LogP contribution in [0.2, 0.25) is 0 Å². The van der Waals surface area contributed by atoms with E-state index in [-0.39, 0.29) is 11.5 Å². The van der Waals surface area contributed by atoms with Crippen molar-refractivity contribution in [2.75, 3.05) is 26.2 Å². The predicted molar refractivity (Wildman–Crippen MR) is 101 cm³/mol. The zero-order valence-electron chi connectivity index (χ0n) is 15.8. The lowest BCUT2D eigenvalue weighted by Gasteiger charge is -2.34. The molecule has 1 aromatic rings. The normalized spacial score (nSPS) is 16.7. The average Bonchev–Trinajstić information content (AvgIpc) is 2.65. The lowest BCUT2D eigenvalue weighted by molar-refractivity contribution is -0.142. The predicted octanol–water partition coefficient (Wildman–Crippen LogP) is 1.44. The number of carboxylic acid groups (broad SMARTS) is 1. The Kier molecular flexibility index (Phi) is 7.38. The molecule has 27 heavy (non-hydrogen) atoms. The number of rotatable bonds is 7. The van der Waals surface area contributed by atoms with Crippen LogP contribution in [0.15, 0.2) is 42.1 Å². The van der Waals surface area contributed by atoms with Gasteiger partial charge >= 0.3 is 5.97 Å². The second kappa shape index (κ2) is 9.74. The Morgan fingerprint density at radius 2 is 1.85 bits per heavy atom. The zero-order chi connectivity index (χ0) is 19.8. The standard InChI is InChI=1S/C20H26N4O3/c1-15(2)18(20(26)27)22-19(25)17(12-21)14-24-10-8-23(9-11-24)13-16-6-4-3-5-7-16/h3-7,14-15,18H,8-11,13H2,1-2H3,(H,22,25)(H,26,27)/b17-14-. The van der Waals surface area contributed by atoms with Crippen LogP contribution >= 0.6 is 0 Å². The summed E-state index contributed by atoms with van der Waals surface area (Å²) in [5.41, 5.74) is 1.19. The molecule has 0 saturated carbocycles. The number of amides is 1. The quantitative estimate of drug-likeness (QED) is 0.557. The molecule has 1 unspecified atom stereocenters. The Morgan fingerprint density at radius 1 is 1.22 bits per heavy atom. The summed E-state index contributed by atoms with van der Waals surface area (Å²) in [6.45, 7) is 7.36. The highest BCUT2D eigenvalue weighted by molar-refractivity contribution is 5.99. The number of benzene rings is 1. The van der Waals surface area contributed by atoms with Crippen molar-refractivity contribution in [3.8, 4) is 6.07 Å². The van der Waals surface area contributed by atoms with Gasteiger partial charge in [-0.1, -0.05) is 44.2 Å². The van der Waals surface area contributed by atoms with E-state index in [1.54, 1.807) is 13.8 Å². The van der Waals surface area contributed by atoms with E-state index in [1.807, 2.05) is 29.2 Å². The van der Waals surface area contributed by atoms with Crippen molar-refractivity contribution < 1.29 is 14.7 Å². The summed E-state index contributed by atoms with van der Waals surface area (Å²) in [6, 6.07) is 11.1. The van der Waals surface area contributed by atoms with Gasteiger partial charge in [-0.15, -0.1) is 0 Å². The van der Waals surface area contributed by atoms with Crippen molar-refractivity contribution in [2.45, 2.75) is 26.4 Å². The largest absolute Gasteiger partial charge is 0.480 e. The van der Waals surface area contributed by atoms with Crippen LogP contribution in [-0.4, -0.2) is 59.0 Å². The Morgan fingerprint density at radius 3 is 2.37 bits per heavy atom. The molecule has 7 heteroatoms. The highest BCUT2D eigenvalue weighted by atomic mass is 16.4. The Balaban J connectivity index is 1.92. The van der Waals surface area contributed by atoms with Crippen LogP contribution in [0.1, 0.15) is 19.4 Å². The third kappa shape index (κ3) is 6.12. The van der Waals surface area contributed by atoms with Crippen molar-refractivity contribution in [1.82, 2.24) is 15.1 Å². The molecule has 7 nitrogen and oxygen atoms in total. The number of piperazine rings is 1. The van der Waals surface area contributed by atoms with Crippen LogP contribution in [-0.2, 0) is 16.1 Å². The van der Waals surface area contributed by atoms with E-state index in [2.05, 4.69) is 22.3 Å². The molecule has 0 aliphatic carbocycles. The van der Waals surface area contributed by atoms with Gasteiger partial charge in [0.05, 0.1) is 0 Å². The Bertz CT molecular complexity index is 716. The number of carbonyl (C=O) groups excluding carboxylic acids is 1. The number of nitriles is 1. The number of hydrogen-bond donors (Lipinski definition) is 2. The molecule has 1 aliphatic heterocycles. The molecule has 2 rings (SSSR count). The molecule has 0 aromatic heterocycles. The number of hydrogen-bond acceptors (Lipinski definition) is 5. The number of carbonyl (C=O) groups is 2. The summed E-state index contributed by atoms with van der Waals surface area (Å²) in [5.74, 6) is -2.02. The maximum Gasteiger partial charge on any atom is 0.326 e. The van der Waals surface area contributed by atoms with E-state index >= 15 is 0 Å². The summed E-state index contributed by atoms with van der Waals surface area (Å²) >= 11 is 0. The number of aliphatic carboxylic acids is 1. The van der Waals surface area contributed by atoms with Crippen LogP contribution in [0.5, 0.6) is 0 Å². The summed E-state index contributed by atoms with van der Waals surface area (Å²) in [7, 11) is 0. The molecule has 1 fully saturated rings. The van der Waals surface area contributed by atoms with Gasteiger partial charge < -0.3 is 15.3 Å². The molecule has 144 valence electrons. The van der Waals surface area contributed by atoms with Crippen molar-refractivity contribution in [2.24, 2.45) is 5.92 Å². The van der Waals surface area contributed by atoms with Crippen molar-refractivity contribution in [3.63, 3.8) is 0 Å². The third-order valence-electron chi connectivity index (χ3n) is 4.55. The SMILES string of the molecule is CC(C)C(NC(=O)/C(C#N)=C\N1CCN(Cc2ccccc2)CC1)C(=O)O. The molecule has 0 spiro atoms. The number of nitrogens with zero attached hydrogens (tertiary/aromatic N) is 3. The summed E-state index contributed by atoms with van der Waals surface area (Å²) in [6.07, 6.45) is 1.54. The first-order valence-electron chi connectivity index (χ1n) is 9.06. The van der Waals surface area contributed by atoms with Crippen LogP contribution in [0.4, 0.5) is 0 Å². The minimum absolute atomic E-state index is 0.0709. The minimum atomic E-state index is -1.11. The molecule has 1 aliphatic rings. The van der Waals surface area contributed by atoms with E-state index in [1.165, 1.54) is 11.8 Å². The second-order valence-electron chi connectivity index (χ2n) is 6.99. The van der Waals surface area contributed by atoms with Gasteiger partial charge in [-0.2, -0.15) is 5.26 Å². The molecule has 2 N–H and O–H groups in total. The smallest absolute Gasteiger partial charge is 0.326 e. The van der Waals surface area contributed by atoms with Gasteiger partial charge in [0.1, 0.15) is 17.7 Å². The van der Waals surface area contributed by atoms with Crippen LogP contribution in [0.25, 0.3) is 0 Å². The van der Waals surface area contributed by atoms with Crippen LogP contribution in [0, 0.1) is 17.2 Å². The van der Waals surface area contributed by atoms with E-state index in [0.717, 1.165) is 19.6 Å². The third-order valence-corrected chi connectivity index (χ3v) is 4.55. The fourth-order valence-electron chi connectivity index (χ4n) is 2.95. The number of carboxylic acids is 1. The second-order valence-corrected chi connectivity index (χ2v) is 6.99. The summed E-state index contributed by atoms with van der Waals surface area (Å²) < 4.78 is 0. The van der Waals surface area contributed by atoms with Gasteiger partial charge in [0, 0.05) is 38.9 Å². The van der Waals surface area contributed by atoms with Gasteiger partial charge in [0.2, 0.25) is 0 Å². The van der Waals surface area contributed by atoms with Crippen LogP contribution in [0.3, 0.4) is 0 Å². The first-order chi connectivity index (χ1) is 12.9. The van der Waals surface area contributed by atoms with Gasteiger partial charge in [-0.25, -0.2) is 4.79 Å². The molecular formula is C20H26N4O3. The minimum Gasteiger partial charge on any atom is -0.480 e. The first-order valence-corrected chi connectivity index (χ1v) is 9.06. The summed E-state index contributed by atoms with van der Waals surface area (Å²) in [5, 5.41) is 20.9. The van der Waals surface area contributed by atoms with E-state index in [9.17, 15) is 20.0 Å². The van der Waals surface area contributed by atoms with Gasteiger partial charge in [0.25, 0.3) is 5.91 Å². The fourth-order valence-corrected chi connectivity index (χ4v) is 2.95. The van der Waals surface area contributed by atoms with Crippen molar-refractivity contribution >= 4 is 11.9 Å². The van der Waals surface area contributed by atoms with Gasteiger partial charge in [0.15, 0.2) is 0 Å². The maximum absolute atomic E-state index is 12.3. The fraction of sp³-hybridized carbons (Fsp3) is 0.450. The maximum atomic E-state index is 12.3. The van der Waals surface area contributed by atoms with Gasteiger partial charge in [-0.05, 0) is 11.5 Å². The first kappa shape index (κ1) is 20.5. The van der Waals surface area contributed by atoms with E-state index < -0.39 is 17.9 Å². The van der Waals surface area contributed by atoms with Gasteiger partial charge in [-0.3, -0.25) is 9.69 Å².